The Kier molecular flexibility index (Phi) is 4.06. The first kappa shape index (κ1) is 20.8. The molecule has 0 radical (unpaired) electrons. The molecule has 7 heteroatoms. The number of phenolic OH excluding ortho intramolecular Hbond substituents is 1. The minimum Gasteiger partial charge on any atom is -0.507 e. The van der Waals surface area contributed by atoms with Crippen LogP contribution in [0.25, 0.3) is 0 Å². The van der Waals surface area contributed by atoms with Crippen LogP contribution >= 0.6 is 0 Å². The van der Waals surface area contributed by atoms with Gasteiger partial charge in [-0.05, 0) is 30.2 Å². The molecular weight excluding hydrogens is 432 g/mol. The third-order valence-electron chi connectivity index (χ3n) is 7.38. The van der Waals surface area contributed by atoms with E-state index in [9.17, 15) is 19.8 Å². The highest BCUT2D eigenvalue weighted by Crippen LogP contribution is 2.68. The summed E-state index contributed by atoms with van der Waals surface area (Å²) in [5, 5.41) is 25.7. The molecule has 4 atom stereocenters. The maximum absolute atomic E-state index is 13.7. The number of carbonyl (C=O) groups excluding carboxylic acids is 2. The number of nitrogen functional groups attached to an aromatic ring is 1. The lowest BCUT2D eigenvalue weighted by Crippen LogP contribution is -2.52. The zero-order chi connectivity index (χ0) is 24.0. The second kappa shape index (κ2) is 6.64. The zero-order valence-electron chi connectivity index (χ0n) is 18.7. The number of nitrogens with two attached hydrogens (primary N) is 1. The van der Waals surface area contributed by atoms with E-state index in [1.807, 2.05) is 13.8 Å². The van der Waals surface area contributed by atoms with E-state index in [1.54, 1.807) is 6.07 Å². The lowest BCUT2D eigenvalue weighted by Gasteiger charge is -2.38. The van der Waals surface area contributed by atoms with E-state index in [0.717, 1.165) is 0 Å². The van der Waals surface area contributed by atoms with E-state index >= 15 is 0 Å². The molecule has 2 aliphatic carbocycles. The van der Waals surface area contributed by atoms with Gasteiger partial charge in [-0.2, -0.15) is 0 Å². The van der Waals surface area contributed by atoms with Crippen molar-refractivity contribution < 1.29 is 24.5 Å². The standard InChI is InChI=1S/C27H22N2O5/c1-13(2)26-19-7-5-3-4-6-8-20(31)27(26,34-26)17-12-18(30)21-22(23(17)29-19)24(32)15-10-9-14(28)11-16(15)25(21)33/h9-13,19-20,29-31H,3-4,28H2,1-2H3/t19-,20+,26-,27-/m0/s1. The molecular formula is C27H22N2O5. The molecule has 1 saturated heterocycles. The van der Waals surface area contributed by atoms with Crippen molar-refractivity contribution in [2.75, 3.05) is 11.1 Å². The van der Waals surface area contributed by atoms with Gasteiger partial charge in [0.25, 0.3) is 0 Å². The molecule has 1 fully saturated rings. The molecule has 2 aromatic carbocycles. The van der Waals surface area contributed by atoms with E-state index in [0.29, 0.717) is 29.8 Å². The summed E-state index contributed by atoms with van der Waals surface area (Å²) in [5.74, 6) is 10.9. The lowest BCUT2D eigenvalue weighted by molar-refractivity contribution is 0.0975. The van der Waals surface area contributed by atoms with Gasteiger partial charge in [0.2, 0.25) is 0 Å². The predicted octanol–water partition coefficient (Wildman–Crippen LogP) is 2.33. The normalized spacial score (nSPS) is 29.8. The van der Waals surface area contributed by atoms with Crippen LogP contribution in [-0.4, -0.2) is 39.5 Å². The fourth-order valence-corrected chi connectivity index (χ4v) is 5.83. The lowest BCUT2D eigenvalue weighted by atomic mass is 9.67. The van der Waals surface area contributed by atoms with Crippen molar-refractivity contribution in [3.05, 3.63) is 52.1 Å². The third kappa shape index (κ3) is 2.31. The summed E-state index contributed by atoms with van der Waals surface area (Å²) in [4.78, 5) is 27.1. The van der Waals surface area contributed by atoms with Crippen LogP contribution in [0.15, 0.2) is 24.3 Å². The van der Waals surface area contributed by atoms with Gasteiger partial charge in [-0.25, -0.2) is 0 Å². The van der Waals surface area contributed by atoms with Crippen LogP contribution in [0.2, 0.25) is 0 Å². The molecule has 0 saturated carbocycles. The monoisotopic (exact) mass is 454 g/mol. The number of rotatable bonds is 1. The second-order valence-corrected chi connectivity index (χ2v) is 9.44. The molecule has 4 aliphatic rings. The number of aromatic hydroxyl groups is 1. The van der Waals surface area contributed by atoms with Gasteiger partial charge in [0.1, 0.15) is 17.4 Å². The predicted molar refractivity (Wildman–Crippen MR) is 124 cm³/mol. The molecule has 0 aromatic heterocycles. The van der Waals surface area contributed by atoms with Crippen LogP contribution < -0.4 is 11.1 Å². The summed E-state index contributed by atoms with van der Waals surface area (Å²) in [7, 11) is 0. The Labute approximate surface area is 196 Å². The molecule has 6 rings (SSSR count). The largest absolute Gasteiger partial charge is 0.507 e. The Balaban J connectivity index is 1.67. The molecule has 0 unspecified atom stereocenters. The number of hydrogen-bond donors (Lipinski definition) is 4. The van der Waals surface area contributed by atoms with E-state index < -0.39 is 34.9 Å². The maximum Gasteiger partial charge on any atom is 0.198 e. The number of aliphatic hydroxyl groups is 1. The van der Waals surface area contributed by atoms with Gasteiger partial charge < -0.3 is 26.0 Å². The number of ketones is 2. The van der Waals surface area contributed by atoms with Crippen LogP contribution in [0.4, 0.5) is 11.4 Å². The zero-order valence-corrected chi connectivity index (χ0v) is 18.7. The van der Waals surface area contributed by atoms with Gasteiger partial charge in [-0.15, -0.1) is 5.92 Å². The van der Waals surface area contributed by atoms with Gasteiger partial charge >= 0.3 is 0 Å². The average molecular weight is 454 g/mol. The van der Waals surface area contributed by atoms with Crippen molar-refractivity contribution in [3.8, 4) is 29.4 Å². The topological polar surface area (TPSA) is 125 Å². The minimum absolute atomic E-state index is 0.0496. The van der Waals surface area contributed by atoms with E-state index in [-0.39, 0.29) is 33.9 Å². The molecule has 2 aromatic rings. The second-order valence-electron chi connectivity index (χ2n) is 9.44. The Morgan fingerprint density at radius 3 is 2.53 bits per heavy atom. The summed E-state index contributed by atoms with van der Waals surface area (Å²) in [6.07, 6.45) is -0.167. The molecule has 2 heterocycles. The SMILES string of the molecule is CC(C)[C@@]12O[C@]13c1cc(O)c4c(c1N[C@H]2C#CCCC#C[C@H]3O)C(=O)c1ccc(N)cc1C4=O. The van der Waals surface area contributed by atoms with Crippen LogP contribution in [0.1, 0.15) is 64.1 Å². The number of fused-ring (bicyclic) bond motifs is 4. The summed E-state index contributed by atoms with van der Waals surface area (Å²) in [6, 6.07) is 5.38. The number of carbonyl (C=O) groups is 2. The van der Waals surface area contributed by atoms with Gasteiger partial charge in [-0.1, -0.05) is 31.6 Å². The van der Waals surface area contributed by atoms with Gasteiger partial charge in [0.05, 0.1) is 16.8 Å². The number of hydrogen-bond acceptors (Lipinski definition) is 7. The van der Waals surface area contributed by atoms with Crippen LogP contribution in [0.5, 0.6) is 5.75 Å². The summed E-state index contributed by atoms with van der Waals surface area (Å²) in [5.41, 5.74) is 5.01. The first-order valence-electron chi connectivity index (χ1n) is 11.2. The summed E-state index contributed by atoms with van der Waals surface area (Å²) < 4.78 is 6.40. The highest BCUT2D eigenvalue weighted by Gasteiger charge is 2.81. The van der Waals surface area contributed by atoms with Crippen molar-refractivity contribution >= 4 is 22.9 Å². The summed E-state index contributed by atoms with van der Waals surface area (Å²) in [6.45, 7) is 3.95. The van der Waals surface area contributed by atoms with Crippen molar-refractivity contribution in [1.29, 1.82) is 0 Å². The Bertz CT molecular complexity index is 1450. The number of aliphatic hydroxyl groups excluding tert-OH is 1. The highest BCUT2D eigenvalue weighted by atomic mass is 16.6. The molecule has 0 spiro atoms. The molecule has 2 bridgehead atoms. The molecule has 5 N–H and O–H groups in total. The number of phenols is 1. The van der Waals surface area contributed by atoms with E-state index in [4.69, 9.17) is 10.5 Å². The van der Waals surface area contributed by atoms with Crippen LogP contribution in [0, 0.1) is 29.6 Å². The quantitative estimate of drug-likeness (QED) is 0.192. The number of anilines is 2. The van der Waals surface area contributed by atoms with Gasteiger partial charge in [-0.3, -0.25) is 9.59 Å². The van der Waals surface area contributed by atoms with Crippen LogP contribution in [0.3, 0.4) is 0 Å². The van der Waals surface area contributed by atoms with Crippen molar-refractivity contribution in [2.24, 2.45) is 5.92 Å². The van der Waals surface area contributed by atoms with Crippen molar-refractivity contribution in [1.82, 2.24) is 0 Å². The third-order valence-corrected chi connectivity index (χ3v) is 7.38. The fourth-order valence-electron chi connectivity index (χ4n) is 5.83. The smallest absolute Gasteiger partial charge is 0.198 e. The number of epoxide rings is 1. The van der Waals surface area contributed by atoms with Crippen molar-refractivity contribution in [3.63, 3.8) is 0 Å². The maximum atomic E-state index is 13.7. The summed E-state index contributed by atoms with van der Waals surface area (Å²) >= 11 is 0. The Morgan fingerprint density at radius 2 is 1.79 bits per heavy atom. The first-order valence-corrected chi connectivity index (χ1v) is 11.2. The highest BCUT2D eigenvalue weighted by molar-refractivity contribution is 6.31. The molecule has 2 aliphatic heterocycles. The fraction of sp³-hybridized carbons (Fsp3) is 0.333. The van der Waals surface area contributed by atoms with Crippen LogP contribution in [-0.2, 0) is 10.3 Å². The van der Waals surface area contributed by atoms with Gasteiger partial charge in [0, 0.05) is 35.2 Å². The molecule has 7 nitrogen and oxygen atoms in total. The van der Waals surface area contributed by atoms with E-state index in [2.05, 4.69) is 29.0 Å². The number of benzene rings is 2. The molecule has 34 heavy (non-hydrogen) atoms. The minimum atomic E-state index is -1.30. The Hall–Kier alpha value is -3.78. The number of nitrogens with one attached hydrogen (secondary N) is 1. The first-order chi connectivity index (χ1) is 16.2. The molecule has 170 valence electrons. The Morgan fingerprint density at radius 1 is 1.09 bits per heavy atom. The number of ether oxygens (including phenoxy) is 1. The molecule has 0 amide bonds. The van der Waals surface area contributed by atoms with Crippen molar-refractivity contribution in [2.45, 2.75) is 50.0 Å². The van der Waals surface area contributed by atoms with E-state index in [1.165, 1.54) is 18.2 Å². The van der Waals surface area contributed by atoms with Gasteiger partial charge in [0.15, 0.2) is 23.3 Å². The average Bonchev–Trinajstić information content (AvgIpc) is 3.53.